The Morgan fingerprint density at radius 2 is 2.00 bits per heavy atom. The molecule has 0 radical (unpaired) electrons. The van der Waals surface area contributed by atoms with E-state index in [9.17, 15) is 9.59 Å². The molecule has 5 nitrogen and oxygen atoms in total. The molecule has 0 aliphatic heterocycles. The average Bonchev–Trinajstić information content (AvgIpc) is 2.19. The van der Waals surface area contributed by atoms with Gasteiger partial charge in [-0.15, -0.1) is 0 Å². The van der Waals surface area contributed by atoms with Crippen LogP contribution in [0.25, 0.3) is 0 Å². The first-order valence-corrected chi connectivity index (χ1v) is 5.62. The number of carboxylic acids is 1. The number of nitrogens with two attached hydrogens (primary N) is 1. The fraction of sp³-hybridized carbons (Fsp3) is 0.385. The number of benzene rings is 1. The summed E-state index contributed by atoms with van der Waals surface area (Å²) >= 11 is 0. The lowest BCUT2D eigenvalue weighted by atomic mass is 10.00. The molecule has 0 aliphatic carbocycles. The first kappa shape index (κ1) is 14.0. The highest BCUT2D eigenvalue weighted by molar-refractivity contribution is 5.95. The van der Waals surface area contributed by atoms with E-state index in [1.54, 1.807) is 32.0 Å². The fourth-order valence-electron chi connectivity index (χ4n) is 1.58. The number of aliphatic carboxylic acids is 1. The highest BCUT2D eigenvalue weighted by atomic mass is 16.4. The maximum atomic E-state index is 11.9. The van der Waals surface area contributed by atoms with Crippen molar-refractivity contribution in [1.82, 2.24) is 5.32 Å². The fourth-order valence-corrected chi connectivity index (χ4v) is 1.58. The van der Waals surface area contributed by atoms with Crippen molar-refractivity contribution in [1.29, 1.82) is 0 Å². The van der Waals surface area contributed by atoms with Crippen molar-refractivity contribution >= 4 is 17.6 Å². The summed E-state index contributed by atoms with van der Waals surface area (Å²) in [5.74, 6) is -1.28. The van der Waals surface area contributed by atoms with Crippen LogP contribution >= 0.6 is 0 Å². The molecule has 0 aromatic heterocycles. The zero-order chi connectivity index (χ0) is 13.9. The Morgan fingerprint density at radius 3 is 2.50 bits per heavy atom. The summed E-state index contributed by atoms with van der Waals surface area (Å²) in [5, 5.41) is 11.4. The molecule has 0 spiro atoms. The van der Waals surface area contributed by atoms with E-state index in [0.717, 1.165) is 5.56 Å². The van der Waals surface area contributed by atoms with Crippen LogP contribution in [0.15, 0.2) is 18.2 Å². The number of hydrogen-bond donors (Lipinski definition) is 3. The van der Waals surface area contributed by atoms with Gasteiger partial charge >= 0.3 is 5.97 Å². The Bertz CT molecular complexity index is 481. The lowest BCUT2D eigenvalue weighted by Gasteiger charge is -2.24. The van der Waals surface area contributed by atoms with Crippen LogP contribution in [0.1, 0.15) is 36.2 Å². The van der Waals surface area contributed by atoms with Gasteiger partial charge in [0.25, 0.3) is 5.91 Å². The molecule has 0 saturated heterocycles. The van der Waals surface area contributed by atoms with Gasteiger partial charge in [-0.3, -0.25) is 9.59 Å². The van der Waals surface area contributed by atoms with Gasteiger partial charge in [-0.2, -0.15) is 0 Å². The molecule has 1 rings (SSSR count). The summed E-state index contributed by atoms with van der Waals surface area (Å²) in [4.78, 5) is 22.6. The van der Waals surface area contributed by atoms with Crippen molar-refractivity contribution in [2.24, 2.45) is 0 Å². The number of aryl methyl sites for hydroxylation is 1. The van der Waals surface area contributed by atoms with E-state index >= 15 is 0 Å². The summed E-state index contributed by atoms with van der Waals surface area (Å²) in [6.45, 7) is 5.18. The summed E-state index contributed by atoms with van der Waals surface area (Å²) in [5.41, 5.74) is 6.79. The highest BCUT2D eigenvalue weighted by Crippen LogP contribution is 2.15. The van der Waals surface area contributed by atoms with E-state index in [1.165, 1.54) is 0 Å². The maximum absolute atomic E-state index is 11.9. The molecule has 0 bridgehead atoms. The van der Waals surface area contributed by atoms with Crippen LogP contribution in [0.2, 0.25) is 0 Å². The van der Waals surface area contributed by atoms with Crippen LogP contribution in [0.4, 0.5) is 5.69 Å². The predicted molar refractivity (Wildman–Crippen MR) is 69.4 cm³/mol. The summed E-state index contributed by atoms with van der Waals surface area (Å²) in [7, 11) is 0. The van der Waals surface area contributed by atoms with Crippen LogP contribution in [-0.2, 0) is 4.79 Å². The summed E-state index contributed by atoms with van der Waals surface area (Å²) in [6, 6.07) is 5.01. The van der Waals surface area contributed by atoms with E-state index in [1.807, 2.05) is 6.92 Å². The van der Waals surface area contributed by atoms with E-state index in [2.05, 4.69) is 5.32 Å². The van der Waals surface area contributed by atoms with Gasteiger partial charge in [0, 0.05) is 16.8 Å². The van der Waals surface area contributed by atoms with E-state index in [-0.39, 0.29) is 12.3 Å². The number of nitrogens with one attached hydrogen (secondary N) is 1. The van der Waals surface area contributed by atoms with Crippen molar-refractivity contribution in [3.8, 4) is 0 Å². The molecule has 0 aliphatic rings. The van der Waals surface area contributed by atoms with E-state index in [4.69, 9.17) is 10.8 Å². The van der Waals surface area contributed by atoms with Gasteiger partial charge in [-0.25, -0.2) is 0 Å². The minimum atomic E-state index is -0.955. The largest absolute Gasteiger partial charge is 0.481 e. The van der Waals surface area contributed by atoms with Crippen LogP contribution in [0.3, 0.4) is 0 Å². The maximum Gasteiger partial charge on any atom is 0.305 e. The van der Waals surface area contributed by atoms with Crippen LogP contribution < -0.4 is 11.1 Å². The normalized spacial score (nSPS) is 11.1. The number of amides is 1. The van der Waals surface area contributed by atoms with Gasteiger partial charge in [0.1, 0.15) is 0 Å². The Balaban J connectivity index is 2.82. The number of carbonyl (C=O) groups is 2. The third-order valence-corrected chi connectivity index (χ3v) is 2.59. The minimum absolute atomic E-state index is 0.139. The molecule has 4 N–H and O–H groups in total. The van der Waals surface area contributed by atoms with Crippen molar-refractivity contribution in [3.63, 3.8) is 0 Å². The predicted octanol–water partition coefficient (Wildman–Crippen LogP) is 1.56. The van der Waals surface area contributed by atoms with Crippen molar-refractivity contribution in [2.75, 3.05) is 5.73 Å². The monoisotopic (exact) mass is 250 g/mol. The van der Waals surface area contributed by atoms with Crippen LogP contribution in [0.5, 0.6) is 0 Å². The second-order valence-corrected chi connectivity index (χ2v) is 4.98. The summed E-state index contributed by atoms with van der Waals surface area (Å²) < 4.78 is 0. The van der Waals surface area contributed by atoms with Crippen LogP contribution in [0, 0.1) is 6.92 Å². The lowest BCUT2D eigenvalue weighted by Crippen LogP contribution is -2.44. The van der Waals surface area contributed by atoms with Gasteiger partial charge in [0.05, 0.1) is 6.42 Å². The molecule has 18 heavy (non-hydrogen) atoms. The van der Waals surface area contributed by atoms with Crippen molar-refractivity contribution in [2.45, 2.75) is 32.7 Å². The Morgan fingerprint density at radius 1 is 1.39 bits per heavy atom. The first-order valence-electron chi connectivity index (χ1n) is 5.62. The molecule has 0 saturated carbocycles. The lowest BCUT2D eigenvalue weighted by molar-refractivity contribution is -0.138. The molecular formula is C13H18N2O3. The molecule has 5 heteroatoms. The standard InChI is InChI=1S/C13H18N2O3/c1-8-4-5-9(6-10(8)14)12(18)15-13(2,3)7-11(16)17/h4-6H,7,14H2,1-3H3,(H,15,18)(H,16,17). The molecule has 1 aromatic carbocycles. The van der Waals surface area contributed by atoms with Gasteiger partial charge in [-0.1, -0.05) is 6.07 Å². The topological polar surface area (TPSA) is 92.4 Å². The van der Waals surface area contributed by atoms with Crippen LogP contribution in [-0.4, -0.2) is 22.5 Å². The third kappa shape index (κ3) is 3.76. The molecule has 0 atom stereocenters. The van der Waals surface area contributed by atoms with Gasteiger partial charge in [-0.05, 0) is 38.5 Å². The summed E-state index contributed by atoms with van der Waals surface area (Å²) in [6.07, 6.45) is -0.139. The van der Waals surface area contributed by atoms with E-state index < -0.39 is 11.5 Å². The SMILES string of the molecule is Cc1ccc(C(=O)NC(C)(C)CC(=O)O)cc1N. The molecular weight excluding hydrogens is 232 g/mol. The number of carboxylic acid groups (broad SMARTS) is 1. The average molecular weight is 250 g/mol. The number of nitrogen functional groups attached to an aromatic ring is 1. The number of hydrogen-bond acceptors (Lipinski definition) is 3. The molecule has 0 fully saturated rings. The first-order chi connectivity index (χ1) is 8.21. The number of carbonyl (C=O) groups excluding carboxylic acids is 1. The molecule has 0 unspecified atom stereocenters. The van der Waals surface area contributed by atoms with Crippen molar-refractivity contribution in [3.05, 3.63) is 29.3 Å². The molecule has 0 heterocycles. The van der Waals surface area contributed by atoms with Gasteiger partial charge < -0.3 is 16.2 Å². The Kier molecular flexibility index (Phi) is 3.96. The molecule has 1 amide bonds. The zero-order valence-electron chi connectivity index (χ0n) is 10.8. The molecule has 1 aromatic rings. The smallest absolute Gasteiger partial charge is 0.305 e. The Hall–Kier alpha value is -2.04. The number of anilines is 1. The van der Waals surface area contributed by atoms with E-state index in [0.29, 0.717) is 11.3 Å². The second kappa shape index (κ2) is 5.08. The number of rotatable bonds is 4. The quantitative estimate of drug-likeness (QED) is 0.707. The van der Waals surface area contributed by atoms with Crippen molar-refractivity contribution < 1.29 is 14.7 Å². The Labute approximate surface area is 106 Å². The van der Waals surface area contributed by atoms with Gasteiger partial charge in [0.15, 0.2) is 0 Å². The minimum Gasteiger partial charge on any atom is -0.481 e. The third-order valence-electron chi connectivity index (χ3n) is 2.59. The van der Waals surface area contributed by atoms with Gasteiger partial charge in [0.2, 0.25) is 0 Å². The molecule has 98 valence electrons. The highest BCUT2D eigenvalue weighted by Gasteiger charge is 2.24. The second-order valence-electron chi connectivity index (χ2n) is 4.98. The zero-order valence-corrected chi connectivity index (χ0v) is 10.8.